The molecule has 2 aliphatic heterocycles. The third-order valence-electron chi connectivity index (χ3n) is 3.85. The van der Waals surface area contributed by atoms with E-state index in [9.17, 15) is 0 Å². The third kappa shape index (κ3) is 1.28. The molecule has 80 valence electrons. The summed E-state index contributed by atoms with van der Waals surface area (Å²) in [6.45, 7) is 0. The van der Waals surface area contributed by atoms with Gasteiger partial charge in [-0.3, -0.25) is 0 Å². The summed E-state index contributed by atoms with van der Waals surface area (Å²) in [4.78, 5) is 0. The van der Waals surface area contributed by atoms with Crippen LogP contribution in [0.15, 0.2) is 24.3 Å². The molecule has 2 atom stereocenters. The van der Waals surface area contributed by atoms with Crippen LogP contribution < -0.4 is 10.1 Å². The first-order valence-electron chi connectivity index (χ1n) is 5.75. The van der Waals surface area contributed by atoms with Gasteiger partial charge in [-0.1, -0.05) is 18.2 Å². The summed E-state index contributed by atoms with van der Waals surface area (Å²) < 4.78 is 5.45. The number of hydrogen-bond donors (Lipinski definition) is 1. The van der Waals surface area contributed by atoms with E-state index in [2.05, 4.69) is 23.5 Å². The maximum absolute atomic E-state index is 5.45. The van der Waals surface area contributed by atoms with Gasteiger partial charge in [0, 0.05) is 17.1 Å². The second kappa shape index (κ2) is 3.24. The fraction of sp³-hybridized carbons (Fsp3) is 0.538. The number of piperidine rings is 1. The number of rotatable bonds is 2. The molecule has 1 saturated carbocycles. The van der Waals surface area contributed by atoms with Crippen molar-refractivity contribution in [2.45, 2.75) is 37.3 Å². The lowest BCUT2D eigenvalue weighted by Gasteiger charge is -2.54. The molecular formula is C13H17NO. The lowest BCUT2D eigenvalue weighted by molar-refractivity contribution is 0.0664. The molecule has 0 aromatic heterocycles. The lowest BCUT2D eigenvalue weighted by Crippen LogP contribution is -2.63. The van der Waals surface area contributed by atoms with Gasteiger partial charge < -0.3 is 10.1 Å². The van der Waals surface area contributed by atoms with Crippen LogP contribution in [0.25, 0.3) is 0 Å². The van der Waals surface area contributed by atoms with Crippen LogP contribution in [0.2, 0.25) is 0 Å². The van der Waals surface area contributed by atoms with E-state index in [1.807, 2.05) is 6.07 Å². The molecule has 1 aliphatic carbocycles. The lowest BCUT2D eigenvalue weighted by atomic mass is 9.67. The van der Waals surface area contributed by atoms with E-state index in [0.29, 0.717) is 0 Å². The van der Waals surface area contributed by atoms with Crippen LogP contribution in [0, 0.1) is 0 Å². The zero-order valence-corrected chi connectivity index (χ0v) is 9.12. The minimum Gasteiger partial charge on any atom is -0.496 e. The highest BCUT2D eigenvalue weighted by Crippen LogP contribution is 2.48. The van der Waals surface area contributed by atoms with Crippen LogP contribution in [0.5, 0.6) is 5.75 Å². The van der Waals surface area contributed by atoms with Gasteiger partial charge in [-0.25, -0.2) is 0 Å². The van der Waals surface area contributed by atoms with E-state index in [-0.39, 0.29) is 5.54 Å². The van der Waals surface area contributed by atoms with Crippen molar-refractivity contribution in [3.63, 3.8) is 0 Å². The van der Waals surface area contributed by atoms with Gasteiger partial charge >= 0.3 is 0 Å². The third-order valence-corrected chi connectivity index (χ3v) is 3.85. The Kier molecular flexibility index (Phi) is 1.99. The normalized spacial score (nSPS) is 33.3. The smallest absolute Gasteiger partial charge is 0.123 e. The van der Waals surface area contributed by atoms with E-state index >= 15 is 0 Å². The van der Waals surface area contributed by atoms with Gasteiger partial charge in [-0.2, -0.15) is 0 Å². The molecule has 2 heterocycles. The van der Waals surface area contributed by atoms with Gasteiger partial charge in [0.05, 0.1) is 7.11 Å². The van der Waals surface area contributed by atoms with Crippen molar-refractivity contribution >= 4 is 0 Å². The first-order chi connectivity index (χ1) is 7.34. The highest BCUT2D eigenvalue weighted by Gasteiger charge is 2.48. The monoisotopic (exact) mass is 203 g/mol. The molecule has 3 fully saturated rings. The van der Waals surface area contributed by atoms with Crippen molar-refractivity contribution < 1.29 is 4.74 Å². The summed E-state index contributed by atoms with van der Waals surface area (Å²) in [5, 5.41) is 3.70. The van der Waals surface area contributed by atoms with Gasteiger partial charge in [-0.15, -0.1) is 0 Å². The van der Waals surface area contributed by atoms with Gasteiger partial charge in [-0.05, 0) is 31.7 Å². The van der Waals surface area contributed by atoms with Crippen LogP contribution in [-0.4, -0.2) is 13.2 Å². The SMILES string of the molecule is COc1ccccc1C12CCCC(C1)N2. The summed E-state index contributed by atoms with van der Waals surface area (Å²) in [7, 11) is 1.76. The Balaban J connectivity index is 1.98. The molecule has 0 spiro atoms. The Hall–Kier alpha value is -1.02. The fourth-order valence-corrected chi connectivity index (χ4v) is 3.15. The molecule has 0 radical (unpaired) electrons. The number of nitrogens with one attached hydrogen (secondary N) is 1. The maximum Gasteiger partial charge on any atom is 0.123 e. The summed E-state index contributed by atoms with van der Waals surface area (Å²) >= 11 is 0. The second-order valence-electron chi connectivity index (χ2n) is 4.72. The molecule has 2 unspecified atom stereocenters. The molecule has 2 nitrogen and oxygen atoms in total. The predicted octanol–water partition coefficient (Wildman–Crippen LogP) is 2.44. The number of para-hydroxylation sites is 1. The first kappa shape index (κ1) is 9.22. The molecule has 2 heteroatoms. The quantitative estimate of drug-likeness (QED) is 0.797. The molecule has 1 aromatic carbocycles. The molecule has 2 bridgehead atoms. The van der Waals surface area contributed by atoms with E-state index in [0.717, 1.165) is 11.8 Å². The largest absolute Gasteiger partial charge is 0.496 e. The van der Waals surface area contributed by atoms with Crippen molar-refractivity contribution in [1.29, 1.82) is 0 Å². The molecule has 3 aliphatic rings. The molecule has 1 aromatic rings. The average Bonchev–Trinajstić information content (AvgIpc) is 2.28. The number of hydrogen-bond acceptors (Lipinski definition) is 2. The number of fused-ring (bicyclic) bond motifs is 2. The van der Waals surface area contributed by atoms with Crippen molar-refractivity contribution in [2.75, 3.05) is 7.11 Å². The number of ether oxygens (including phenoxy) is 1. The van der Waals surface area contributed by atoms with E-state index in [1.165, 1.54) is 31.2 Å². The topological polar surface area (TPSA) is 21.3 Å². The summed E-state index contributed by atoms with van der Waals surface area (Å²) in [5.41, 5.74) is 1.58. The van der Waals surface area contributed by atoms with Gasteiger partial charge in [0.2, 0.25) is 0 Å². The standard InChI is InChI=1S/C13H17NO/c1-15-12-7-3-2-6-11(12)13-8-4-5-10(9-13)14-13/h2-3,6-7,10,14H,4-5,8-9H2,1H3. The average molecular weight is 203 g/mol. The summed E-state index contributed by atoms with van der Waals surface area (Å²) in [5.74, 6) is 1.03. The van der Waals surface area contributed by atoms with E-state index < -0.39 is 0 Å². The van der Waals surface area contributed by atoms with Crippen molar-refractivity contribution in [2.24, 2.45) is 0 Å². The Labute approximate surface area is 90.6 Å². The zero-order chi connectivity index (χ0) is 10.3. The zero-order valence-electron chi connectivity index (χ0n) is 9.12. The molecule has 15 heavy (non-hydrogen) atoms. The van der Waals surface area contributed by atoms with Gasteiger partial charge in [0.1, 0.15) is 5.75 Å². The Bertz CT molecular complexity index is 363. The Morgan fingerprint density at radius 1 is 1.40 bits per heavy atom. The second-order valence-corrected chi connectivity index (χ2v) is 4.72. The van der Waals surface area contributed by atoms with Crippen molar-refractivity contribution in [1.82, 2.24) is 5.32 Å². The van der Waals surface area contributed by atoms with Gasteiger partial charge in [0.15, 0.2) is 0 Å². The minimum absolute atomic E-state index is 0.232. The minimum atomic E-state index is 0.232. The van der Waals surface area contributed by atoms with Crippen molar-refractivity contribution in [3.05, 3.63) is 29.8 Å². The molecule has 4 rings (SSSR count). The number of methoxy groups -OCH3 is 1. The summed E-state index contributed by atoms with van der Waals surface area (Å²) in [6.07, 6.45) is 5.23. The van der Waals surface area contributed by atoms with E-state index in [1.54, 1.807) is 7.11 Å². The summed E-state index contributed by atoms with van der Waals surface area (Å²) in [6, 6.07) is 9.17. The highest BCUT2D eigenvalue weighted by atomic mass is 16.5. The van der Waals surface area contributed by atoms with Crippen LogP contribution in [-0.2, 0) is 5.54 Å². The van der Waals surface area contributed by atoms with Crippen molar-refractivity contribution in [3.8, 4) is 5.75 Å². The number of benzene rings is 1. The fourth-order valence-electron chi connectivity index (χ4n) is 3.15. The molecule has 0 amide bonds. The predicted molar refractivity (Wildman–Crippen MR) is 60.1 cm³/mol. The van der Waals surface area contributed by atoms with Crippen LogP contribution >= 0.6 is 0 Å². The highest BCUT2D eigenvalue weighted by molar-refractivity contribution is 5.41. The maximum atomic E-state index is 5.45. The molecular weight excluding hydrogens is 186 g/mol. The van der Waals surface area contributed by atoms with Crippen LogP contribution in [0.3, 0.4) is 0 Å². The van der Waals surface area contributed by atoms with Gasteiger partial charge in [0.25, 0.3) is 0 Å². The molecule has 1 N–H and O–H groups in total. The van der Waals surface area contributed by atoms with Crippen LogP contribution in [0.1, 0.15) is 31.2 Å². The molecule has 2 saturated heterocycles. The van der Waals surface area contributed by atoms with Crippen LogP contribution in [0.4, 0.5) is 0 Å². The first-order valence-corrected chi connectivity index (χ1v) is 5.75. The van der Waals surface area contributed by atoms with E-state index in [4.69, 9.17) is 4.74 Å². The Morgan fingerprint density at radius 2 is 2.20 bits per heavy atom. The Morgan fingerprint density at radius 3 is 2.87 bits per heavy atom.